The lowest BCUT2D eigenvalue weighted by atomic mass is 10.2. The summed E-state index contributed by atoms with van der Waals surface area (Å²) in [5.41, 5.74) is 1.17. The fraction of sp³-hybridized carbons (Fsp3) is 0.211. The molecule has 6 nitrogen and oxygen atoms in total. The fourth-order valence-corrected chi connectivity index (χ4v) is 2.50. The molecule has 0 bridgehead atoms. The Morgan fingerprint density at radius 1 is 1.19 bits per heavy atom. The first-order chi connectivity index (χ1) is 12.9. The molecule has 8 heteroatoms. The summed E-state index contributed by atoms with van der Waals surface area (Å²) in [6, 6.07) is 13.2. The third-order valence-electron chi connectivity index (χ3n) is 3.46. The Bertz CT molecular complexity index is 863. The molecule has 0 aliphatic carbocycles. The SMILES string of the molecule is C[C@@H](Oc1ccc(C#N)cc1)C(=O)OCC(=O)NCc1ccc(Cl)cc1Cl. The first-order valence-electron chi connectivity index (χ1n) is 7.93. The van der Waals surface area contributed by atoms with Gasteiger partial charge in [-0.15, -0.1) is 0 Å². The molecule has 0 spiro atoms. The first-order valence-corrected chi connectivity index (χ1v) is 8.68. The van der Waals surface area contributed by atoms with E-state index in [9.17, 15) is 9.59 Å². The highest BCUT2D eigenvalue weighted by Crippen LogP contribution is 2.20. The molecule has 0 unspecified atom stereocenters. The average molecular weight is 407 g/mol. The molecule has 2 aromatic carbocycles. The van der Waals surface area contributed by atoms with Crippen molar-refractivity contribution in [2.75, 3.05) is 6.61 Å². The number of nitrogens with one attached hydrogen (secondary N) is 1. The Labute approximate surface area is 166 Å². The van der Waals surface area contributed by atoms with Crippen LogP contribution in [0.3, 0.4) is 0 Å². The number of amides is 1. The lowest BCUT2D eigenvalue weighted by Crippen LogP contribution is -2.32. The lowest BCUT2D eigenvalue weighted by molar-refractivity contribution is -0.154. The van der Waals surface area contributed by atoms with Crippen LogP contribution in [0.5, 0.6) is 5.75 Å². The Morgan fingerprint density at radius 3 is 2.52 bits per heavy atom. The van der Waals surface area contributed by atoms with Crippen molar-refractivity contribution in [3.63, 3.8) is 0 Å². The smallest absolute Gasteiger partial charge is 0.347 e. The number of esters is 1. The third-order valence-corrected chi connectivity index (χ3v) is 4.05. The van der Waals surface area contributed by atoms with Gasteiger partial charge in [-0.05, 0) is 48.9 Å². The quantitative estimate of drug-likeness (QED) is 0.710. The van der Waals surface area contributed by atoms with E-state index >= 15 is 0 Å². The molecular weight excluding hydrogens is 391 g/mol. The van der Waals surface area contributed by atoms with E-state index in [0.29, 0.717) is 26.9 Å². The summed E-state index contributed by atoms with van der Waals surface area (Å²) >= 11 is 11.8. The van der Waals surface area contributed by atoms with Gasteiger partial charge >= 0.3 is 5.97 Å². The molecular formula is C19H16Cl2N2O4. The van der Waals surface area contributed by atoms with Crippen molar-refractivity contribution < 1.29 is 19.1 Å². The molecule has 0 aliphatic rings. The normalized spacial score (nSPS) is 11.2. The van der Waals surface area contributed by atoms with Crippen LogP contribution in [0.2, 0.25) is 10.0 Å². The summed E-state index contributed by atoms with van der Waals surface area (Å²) in [6.45, 7) is 1.25. The van der Waals surface area contributed by atoms with Gasteiger partial charge in [0.05, 0.1) is 11.6 Å². The summed E-state index contributed by atoms with van der Waals surface area (Å²) in [4.78, 5) is 23.7. The van der Waals surface area contributed by atoms with Gasteiger partial charge in [-0.1, -0.05) is 29.3 Å². The number of carbonyl (C=O) groups is 2. The van der Waals surface area contributed by atoms with E-state index in [4.69, 9.17) is 37.9 Å². The van der Waals surface area contributed by atoms with Gasteiger partial charge < -0.3 is 14.8 Å². The maximum absolute atomic E-state index is 11.9. The monoisotopic (exact) mass is 406 g/mol. The predicted molar refractivity (Wildman–Crippen MR) is 101 cm³/mol. The van der Waals surface area contributed by atoms with Crippen molar-refractivity contribution in [2.45, 2.75) is 19.6 Å². The van der Waals surface area contributed by atoms with E-state index in [1.165, 1.54) is 6.92 Å². The fourth-order valence-electron chi connectivity index (χ4n) is 2.02. The number of benzene rings is 2. The van der Waals surface area contributed by atoms with E-state index in [0.717, 1.165) is 0 Å². The molecule has 0 aliphatic heterocycles. The van der Waals surface area contributed by atoms with E-state index in [1.54, 1.807) is 42.5 Å². The zero-order valence-electron chi connectivity index (χ0n) is 14.4. The minimum Gasteiger partial charge on any atom is -0.479 e. The second-order valence-corrected chi connectivity index (χ2v) is 6.36. The van der Waals surface area contributed by atoms with Gasteiger partial charge in [0.1, 0.15) is 5.75 Å². The van der Waals surface area contributed by atoms with Crippen LogP contribution >= 0.6 is 23.2 Å². The molecule has 27 heavy (non-hydrogen) atoms. The van der Waals surface area contributed by atoms with Crippen LogP contribution in [0.15, 0.2) is 42.5 Å². The largest absolute Gasteiger partial charge is 0.479 e. The number of hydrogen-bond donors (Lipinski definition) is 1. The van der Waals surface area contributed by atoms with Crippen molar-refractivity contribution in [2.24, 2.45) is 0 Å². The summed E-state index contributed by atoms with van der Waals surface area (Å²) in [5.74, 6) is -0.737. The van der Waals surface area contributed by atoms with E-state index in [1.807, 2.05) is 6.07 Å². The Balaban J connectivity index is 1.76. The Kier molecular flexibility index (Phi) is 7.47. The van der Waals surface area contributed by atoms with Gasteiger partial charge in [0.2, 0.25) is 0 Å². The van der Waals surface area contributed by atoms with Crippen molar-refractivity contribution in [1.29, 1.82) is 5.26 Å². The van der Waals surface area contributed by atoms with Gasteiger partial charge in [-0.3, -0.25) is 4.79 Å². The second kappa shape index (κ2) is 9.81. The third kappa shape index (κ3) is 6.48. The van der Waals surface area contributed by atoms with Crippen LogP contribution in [0, 0.1) is 11.3 Å². The Hall–Kier alpha value is -2.75. The van der Waals surface area contributed by atoms with Crippen LogP contribution in [0.4, 0.5) is 0 Å². The van der Waals surface area contributed by atoms with E-state index < -0.39 is 24.6 Å². The number of hydrogen-bond acceptors (Lipinski definition) is 5. The molecule has 0 fully saturated rings. The molecule has 0 saturated carbocycles. The zero-order chi connectivity index (χ0) is 19.8. The number of nitriles is 1. The summed E-state index contributed by atoms with van der Waals surface area (Å²) < 4.78 is 10.4. The molecule has 1 amide bonds. The van der Waals surface area contributed by atoms with Crippen LogP contribution < -0.4 is 10.1 Å². The van der Waals surface area contributed by atoms with Crippen molar-refractivity contribution in [3.05, 3.63) is 63.6 Å². The highest BCUT2D eigenvalue weighted by atomic mass is 35.5. The predicted octanol–water partition coefficient (Wildman–Crippen LogP) is 3.49. The topological polar surface area (TPSA) is 88.4 Å². The maximum atomic E-state index is 11.9. The molecule has 2 aromatic rings. The molecule has 0 heterocycles. The summed E-state index contributed by atoms with van der Waals surface area (Å²) in [6.07, 6.45) is -0.906. The summed E-state index contributed by atoms with van der Waals surface area (Å²) in [7, 11) is 0. The molecule has 0 aromatic heterocycles. The zero-order valence-corrected chi connectivity index (χ0v) is 15.9. The second-order valence-electron chi connectivity index (χ2n) is 5.52. The molecule has 1 atom stereocenters. The van der Waals surface area contributed by atoms with Crippen LogP contribution in [0.25, 0.3) is 0 Å². The van der Waals surface area contributed by atoms with E-state index in [-0.39, 0.29) is 6.54 Å². The molecule has 140 valence electrons. The number of nitrogens with zero attached hydrogens (tertiary/aromatic N) is 1. The van der Waals surface area contributed by atoms with Crippen LogP contribution in [0.1, 0.15) is 18.1 Å². The minimum atomic E-state index is -0.906. The van der Waals surface area contributed by atoms with Crippen molar-refractivity contribution in [1.82, 2.24) is 5.32 Å². The maximum Gasteiger partial charge on any atom is 0.347 e. The molecule has 0 radical (unpaired) electrons. The van der Waals surface area contributed by atoms with E-state index in [2.05, 4.69) is 5.32 Å². The van der Waals surface area contributed by atoms with Crippen LogP contribution in [-0.4, -0.2) is 24.6 Å². The number of rotatable bonds is 7. The van der Waals surface area contributed by atoms with Crippen molar-refractivity contribution in [3.8, 4) is 11.8 Å². The number of ether oxygens (including phenoxy) is 2. The highest BCUT2D eigenvalue weighted by molar-refractivity contribution is 6.35. The molecule has 0 saturated heterocycles. The summed E-state index contributed by atoms with van der Waals surface area (Å²) in [5, 5.41) is 12.3. The average Bonchev–Trinajstić information content (AvgIpc) is 2.66. The van der Waals surface area contributed by atoms with Gasteiger partial charge in [0.25, 0.3) is 5.91 Å². The van der Waals surface area contributed by atoms with Crippen molar-refractivity contribution >= 4 is 35.1 Å². The number of carbonyl (C=O) groups excluding carboxylic acids is 2. The molecule has 1 N–H and O–H groups in total. The highest BCUT2D eigenvalue weighted by Gasteiger charge is 2.18. The van der Waals surface area contributed by atoms with Gasteiger partial charge in [0, 0.05) is 16.6 Å². The Morgan fingerprint density at radius 2 is 1.89 bits per heavy atom. The number of halogens is 2. The van der Waals surface area contributed by atoms with Gasteiger partial charge in [0.15, 0.2) is 12.7 Å². The van der Waals surface area contributed by atoms with Gasteiger partial charge in [-0.2, -0.15) is 5.26 Å². The standard InChI is InChI=1S/C19H16Cl2N2O4/c1-12(27-16-6-2-13(9-22)3-7-16)19(25)26-11-18(24)23-10-14-4-5-15(20)8-17(14)21/h2-8,12H,10-11H2,1H3,(H,23,24)/t12-/m1/s1. The lowest BCUT2D eigenvalue weighted by Gasteiger charge is -2.14. The molecule has 2 rings (SSSR count). The first kappa shape index (κ1) is 20.6. The van der Waals surface area contributed by atoms with Crippen LogP contribution in [-0.2, 0) is 20.9 Å². The van der Waals surface area contributed by atoms with Gasteiger partial charge in [-0.25, -0.2) is 4.79 Å². The minimum absolute atomic E-state index is 0.184.